The van der Waals surface area contributed by atoms with E-state index in [0.717, 1.165) is 30.4 Å². The second-order valence-corrected chi connectivity index (χ2v) is 4.51. The molecule has 0 aromatic heterocycles. The van der Waals surface area contributed by atoms with Crippen molar-refractivity contribution in [3.63, 3.8) is 0 Å². The van der Waals surface area contributed by atoms with Crippen molar-refractivity contribution in [2.24, 2.45) is 0 Å². The predicted molar refractivity (Wildman–Crippen MR) is 69.6 cm³/mol. The summed E-state index contributed by atoms with van der Waals surface area (Å²) >= 11 is 5.94. The van der Waals surface area contributed by atoms with Crippen molar-refractivity contribution in [3.8, 4) is 0 Å². The van der Waals surface area contributed by atoms with Gasteiger partial charge in [0.15, 0.2) is 0 Å². The predicted octanol–water partition coefficient (Wildman–Crippen LogP) is 3.04. The van der Waals surface area contributed by atoms with Crippen LogP contribution in [0.25, 0.3) is 6.08 Å². The Morgan fingerprint density at radius 2 is 2.06 bits per heavy atom. The van der Waals surface area contributed by atoms with E-state index in [1.807, 2.05) is 12.1 Å². The van der Waals surface area contributed by atoms with Crippen molar-refractivity contribution in [2.75, 3.05) is 18.0 Å². The fourth-order valence-electron chi connectivity index (χ4n) is 2.07. The lowest BCUT2D eigenvalue weighted by atomic mass is 10.1. The van der Waals surface area contributed by atoms with E-state index in [4.69, 9.17) is 16.7 Å². The second-order valence-electron chi connectivity index (χ2n) is 4.07. The highest BCUT2D eigenvalue weighted by molar-refractivity contribution is 6.30. The number of rotatable bonds is 3. The largest absolute Gasteiger partial charge is 0.478 e. The molecular formula is C13H14ClNO2. The monoisotopic (exact) mass is 251 g/mol. The third-order valence-electron chi connectivity index (χ3n) is 2.84. The number of carbonyl (C=O) groups is 1. The van der Waals surface area contributed by atoms with Crippen LogP contribution in [-0.2, 0) is 4.79 Å². The molecule has 0 aliphatic carbocycles. The first-order chi connectivity index (χ1) is 8.16. The molecule has 17 heavy (non-hydrogen) atoms. The van der Waals surface area contributed by atoms with E-state index in [-0.39, 0.29) is 0 Å². The zero-order chi connectivity index (χ0) is 12.3. The van der Waals surface area contributed by atoms with Gasteiger partial charge in [-0.2, -0.15) is 0 Å². The molecule has 0 amide bonds. The van der Waals surface area contributed by atoms with Crippen LogP contribution in [-0.4, -0.2) is 24.2 Å². The molecule has 0 saturated carbocycles. The molecule has 1 N–H and O–H groups in total. The highest BCUT2D eigenvalue weighted by Crippen LogP contribution is 2.28. The first-order valence-corrected chi connectivity index (χ1v) is 6.00. The van der Waals surface area contributed by atoms with E-state index in [0.29, 0.717) is 5.02 Å². The molecule has 1 aliphatic heterocycles. The molecule has 2 rings (SSSR count). The minimum Gasteiger partial charge on any atom is -0.478 e. The van der Waals surface area contributed by atoms with Gasteiger partial charge >= 0.3 is 5.97 Å². The topological polar surface area (TPSA) is 40.5 Å². The van der Waals surface area contributed by atoms with Gasteiger partial charge < -0.3 is 10.0 Å². The van der Waals surface area contributed by atoms with Crippen LogP contribution in [0, 0.1) is 0 Å². The van der Waals surface area contributed by atoms with Gasteiger partial charge in [-0.3, -0.25) is 0 Å². The molecule has 3 nitrogen and oxygen atoms in total. The summed E-state index contributed by atoms with van der Waals surface area (Å²) in [5, 5.41) is 9.29. The second kappa shape index (κ2) is 5.23. The Kier molecular flexibility index (Phi) is 3.69. The first kappa shape index (κ1) is 12.0. The number of benzene rings is 1. The lowest BCUT2D eigenvalue weighted by Gasteiger charge is -2.20. The number of hydrogen-bond acceptors (Lipinski definition) is 2. The Balaban J connectivity index is 2.33. The highest BCUT2D eigenvalue weighted by atomic mass is 35.5. The van der Waals surface area contributed by atoms with Crippen LogP contribution >= 0.6 is 11.6 Å². The number of carboxylic acid groups (broad SMARTS) is 1. The molecule has 1 aromatic rings. The Morgan fingerprint density at radius 1 is 1.35 bits per heavy atom. The van der Waals surface area contributed by atoms with E-state index in [2.05, 4.69) is 4.90 Å². The van der Waals surface area contributed by atoms with Crippen LogP contribution < -0.4 is 4.90 Å². The fraction of sp³-hybridized carbons (Fsp3) is 0.308. The molecule has 0 spiro atoms. The summed E-state index contributed by atoms with van der Waals surface area (Å²) in [6.07, 6.45) is 5.11. The van der Waals surface area contributed by atoms with Gasteiger partial charge in [-0.25, -0.2) is 4.79 Å². The summed E-state index contributed by atoms with van der Waals surface area (Å²) < 4.78 is 0. The Bertz CT molecular complexity index is 451. The molecule has 4 heteroatoms. The van der Waals surface area contributed by atoms with Crippen LogP contribution in [0.3, 0.4) is 0 Å². The normalized spacial score (nSPS) is 15.7. The first-order valence-electron chi connectivity index (χ1n) is 5.62. The molecule has 0 unspecified atom stereocenters. The third kappa shape index (κ3) is 3.01. The van der Waals surface area contributed by atoms with Crippen molar-refractivity contribution < 1.29 is 9.90 Å². The van der Waals surface area contributed by atoms with Crippen molar-refractivity contribution in [1.29, 1.82) is 0 Å². The Hall–Kier alpha value is -1.48. The van der Waals surface area contributed by atoms with E-state index >= 15 is 0 Å². The van der Waals surface area contributed by atoms with Crippen LogP contribution in [0.2, 0.25) is 5.02 Å². The number of anilines is 1. The zero-order valence-corrected chi connectivity index (χ0v) is 10.2. The van der Waals surface area contributed by atoms with E-state index in [1.165, 1.54) is 12.8 Å². The molecule has 90 valence electrons. The van der Waals surface area contributed by atoms with E-state index in [9.17, 15) is 4.79 Å². The van der Waals surface area contributed by atoms with Gasteiger partial charge in [0.2, 0.25) is 0 Å². The molecular weight excluding hydrogens is 238 g/mol. The Labute approximate surface area is 105 Å². The summed E-state index contributed by atoms with van der Waals surface area (Å²) in [6.45, 7) is 2.05. The molecule has 0 bridgehead atoms. The van der Waals surface area contributed by atoms with Gasteiger partial charge in [-0.15, -0.1) is 0 Å². The van der Waals surface area contributed by atoms with Crippen LogP contribution in [0.5, 0.6) is 0 Å². The van der Waals surface area contributed by atoms with Gasteiger partial charge in [0, 0.05) is 29.9 Å². The minimum atomic E-state index is -0.947. The SMILES string of the molecule is O=C(O)/C=C/c1cc(Cl)ccc1N1CCCC1. The van der Waals surface area contributed by atoms with Crippen LogP contribution in [0.15, 0.2) is 24.3 Å². The van der Waals surface area contributed by atoms with Crippen LogP contribution in [0.1, 0.15) is 18.4 Å². The van der Waals surface area contributed by atoms with E-state index < -0.39 is 5.97 Å². The molecule has 1 saturated heterocycles. The quantitative estimate of drug-likeness (QED) is 0.840. The summed E-state index contributed by atoms with van der Waals surface area (Å²) in [4.78, 5) is 12.8. The smallest absolute Gasteiger partial charge is 0.328 e. The number of carboxylic acids is 1. The van der Waals surface area contributed by atoms with Gasteiger partial charge in [0.25, 0.3) is 0 Å². The molecule has 1 heterocycles. The lowest BCUT2D eigenvalue weighted by molar-refractivity contribution is -0.131. The van der Waals surface area contributed by atoms with E-state index in [1.54, 1.807) is 12.1 Å². The number of nitrogens with zero attached hydrogens (tertiary/aromatic N) is 1. The van der Waals surface area contributed by atoms with Gasteiger partial charge in [-0.1, -0.05) is 11.6 Å². The maximum absolute atomic E-state index is 10.6. The number of halogens is 1. The Morgan fingerprint density at radius 3 is 2.71 bits per heavy atom. The van der Waals surface area contributed by atoms with Crippen molar-refractivity contribution in [1.82, 2.24) is 0 Å². The molecule has 1 fully saturated rings. The van der Waals surface area contributed by atoms with Gasteiger partial charge in [-0.05, 0) is 42.7 Å². The molecule has 1 aromatic carbocycles. The van der Waals surface area contributed by atoms with Crippen molar-refractivity contribution >= 4 is 29.3 Å². The van der Waals surface area contributed by atoms with Crippen molar-refractivity contribution in [2.45, 2.75) is 12.8 Å². The standard InChI is InChI=1S/C13H14ClNO2/c14-11-4-5-12(15-7-1-2-8-15)10(9-11)3-6-13(16)17/h3-6,9H,1-2,7-8H2,(H,16,17)/b6-3+. The molecule has 0 atom stereocenters. The number of hydrogen-bond donors (Lipinski definition) is 1. The summed E-state index contributed by atoms with van der Waals surface area (Å²) in [6, 6.07) is 5.59. The van der Waals surface area contributed by atoms with Gasteiger partial charge in [0.1, 0.15) is 0 Å². The maximum Gasteiger partial charge on any atom is 0.328 e. The number of aliphatic carboxylic acids is 1. The summed E-state index contributed by atoms with van der Waals surface area (Å²) in [5.41, 5.74) is 1.92. The minimum absolute atomic E-state index is 0.623. The van der Waals surface area contributed by atoms with Crippen molar-refractivity contribution in [3.05, 3.63) is 34.9 Å². The zero-order valence-electron chi connectivity index (χ0n) is 9.40. The highest BCUT2D eigenvalue weighted by Gasteiger charge is 2.14. The average molecular weight is 252 g/mol. The lowest BCUT2D eigenvalue weighted by Crippen LogP contribution is -2.18. The average Bonchev–Trinajstić information content (AvgIpc) is 2.80. The molecule has 0 radical (unpaired) electrons. The summed E-state index contributed by atoms with van der Waals surface area (Å²) in [7, 11) is 0. The fourth-order valence-corrected chi connectivity index (χ4v) is 2.25. The van der Waals surface area contributed by atoms with Crippen LogP contribution in [0.4, 0.5) is 5.69 Å². The maximum atomic E-state index is 10.6. The summed E-state index contributed by atoms with van der Waals surface area (Å²) in [5.74, 6) is -0.947. The van der Waals surface area contributed by atoms with Gasteiger partial charge in [0.05, 0.1) is 0 Å². The third-order valence-corrected chi connectivity index (χ3v) is 3.08. The molecule has 1 aliphatic rings.